The fraction of sp³-hybridized carbons (Fsp3) is 0.538. The van der Waals surface area contributed by atoms with Crippen LogP contribution in [0.1, 0.15) is 5.56 Å². The fourth-order valence-corrected chi connectivity index (χ4v) is 2.30. The van der Waals surface area contributed by atoms with Crippen LogP contribution in [-0.4, -0.2) is 44.3 Å². The summed E-state index contributed by atoms with van der Waals surface area (Å²) < 4.78 is 19.2. The molecule has 1 aliphatic rings. The van der Waals surface area contributed by atoms with Crippen molar-refractivity contribution in [1.29, 1.82) is 0 Å². The van der Waals surface area contributed by atoms with Gasteiger partial charge in [-0.25, -0.2) is 4.39 Å². The van der Waals surface area contributed by atoms with Gasteiger partial charge in [0.05, 0.1) is 12.7 Å². The van der Waals surface area contributed by atoms with E-state index in [0.717, 1.165) is 26.2 Å². The van der Waals surface area contributed by atoms with Crippen molar-refractivity contribution in [2.75, 3.05) is 33.3 Å². The van der Waals surface area contributed by atoms with Crippen molar-refractivity contribution in [3.63, 3.8) is 0 Å². The summed E-state index contributed by atoms with van der Waals surface area (Å²) in [4.78, 5) is 2.05. The van der Waals surface area contributed by atoms with Crippen molar-refractivity contribution in [2.24, 2.45) is 0 Å². The van der Waals surface area contributed by atoms with Crippen molar-refractivity contribution >= 4 is 11.6 Å². The van der Waals surface area contributed by atoms with Crippen LogP contribution in [0.3, 0.4) is 0 Å². The lowest BCUT2D eigenvalue weighted by Crippen LogP contribution is -2.44. The molecule has 100 valence electrons. The van der Waals surface area contributed by atoms with E-state index in [0.29, 0.717) is 17.1 Å². The molecule has 0 aromatic heterocycles. The molecule has 1 unspecified atom stereocenters. The number of hydrogen-bond donors (Lipinski definition) is 1. The number of benzene rings is 1. The van der Waals surface area contributed by atoms with Crippen molar-refractivity contribution < 1.29 is 9.13 Å². The highest BCUT2D eigenvalue weighted by Gasteiger charge is 2.16. The lowest BCUT2D eigenvalue weighted by atomic mass is 10.2. The monoisotopic (exact) mass is 272 g/mol. The van der Waals surface area contributed by atoms with E-state index < -0.39 is 0 Å². The van der Waals surface area contributed by atoms with Crippen LogP contribution >= 0.6 is 11.6 Å². The summed E-state index contributed by atoms with van der Waals surface area (Å²) in [6.07, 6.45) is 0.172. The molecule has 1 aromatic carbocycles. The minimum Gasteiger partial charge on any atom is -0.374 e. The molecule has 1 N–H and O–H groups in total. The van der Waals surface area contributed by atoms with Crippen LogP contribution < -0.4 is 5.32 Å². The molecule has 2 rings (SSSR count). The minimum atomic E-state index is -0.214. The Balaban J connectivity index is 1.89. The zero-order valence-corrected chi connectivity index (χ0v) is 11.2. The van der Waals surface area contributed by atoms with Crippen LogP contribution in [0.4, 0.5) is 4.39 Å². The molecule has 0 spiro atoms. The molecular weight excluding hydrogens is 255 g/mol. The summed E-state index contributed by atoms with van der Waals surface area (Å²) in [5, 5.41) is 3.84. The van der Waals surface area contributed by atoms with E-state index in [-0.39, 0.29) is 11.9 Å². The van der Waals surface area contributed by atoms with Crippen molar-refractivity contribution in [2.45, 2.75) is 12.6 Å². The van der Waals surface area contributed by atoms with Crippen LogP contribution in [0.5, 0.6) is 0 Å². The minimum absolute atomic E-state index is 0.172. The Bertz CT molecular complexity index is 397. The standard InChI is InChI=1S/C13H18ClFN2O/c1-17(9-12-7-16-4-5-18-12)8-10-6-11(14)2-3-13(10)15/h2-3,6,12,16H,4-5,7-9H2,1H3. The average molecular weight is 273 g/mol. The molecule has 0 amide bonds. The Morgan fingerprint density at radius 2 is 2.39 bits per heavy atom. The van der Waals surface area contributed by atoms with Crippen molar-refractivity contribution in [1.82, 2.24) is 10.2 Å². The van der Waals surface area contributed by atoms with Crippen LogP contribution in [0.15, 0.2) is 18.2 Å². The van der Waals surface area contributed by atoms with Gasteiger partial charge in [-0.3, -0.25) is 4.90 Å². The van der Waals surface area contributed by atoms with E-state index in [9.17, 15) is 4.39 Å². The van der Waals surface area contributed by atoms with Gasteiger partial charge in [0.2, 0.25) is 0 Å². The molecule has 0 saturated carbocycles. The van der Waals surface area contributed by atoms with Crippen LogP contribution in [0.2, 0.25) is 5.02 Å². The van der Waals surface area contributed by atoms with E-state index in [1.54, 1.807) is 12.1 Å². The molecule has 1 aromatic rings. The van der Waals surface area contributed by atoms with Crippen LogP contribution in [-0.2, 0) is 11.3 Å². The molecule has 0 bridgehead atoms. The maximum atomic E-state index is 13.6. The van der Waals surface area contributed by atoms with Gasteiger partial charge in [0.1, 0.15) is 5.82 Å². The summed E-state index contributed by atoms with van der Waals surface area (Å²) in [6.45, 7) is 3.81. The van der Waals surface area contributed by atoms with Gasteiger partial charge in [0.25, 0.3) is 0 Å². The van der Waals surface area contributed by atoms with Gasteiger partial charge in [-0.05, 0) is 25.2 Å². The van der Waals surface area contributed by atoms with E-state index >= 15 is 0 Å². The number of morpholine rings is 1. The van der Waals surface area contributed by atoms with E-state index in [2.05, 4.69) is 5.32 Å². The third-order valence-corrected chi connectivity index (χ3v) is 3.20. The molecular formula is C13H18ClFN2O. The Hall–Kier alpha value is -0.680. The highest BCUT2D eigenvalue weighted by molar-refractivity contribution is 6.30. The molecule has 0 aliphatic carbocycles. The topological polar surface area (TPSA) is 24.5 Å². The Morgan fingerprint density at radius 3 is 3.11 bits per heavy atom. The van der Waals surface area contributed by atoms with Gasteiger partial charge in [-0.1, -0.05) is 11.6 Å². The Morgan fingerprint density at radius 1 is 1.56 bits per heavy atom. The molecule has 1 atom stereocenters. The Labute approximate surface area is 112 Å². The van der Waals surface area contributed by atoms with Gasteiger partial charge in [0, 0.05) is 36.8 Å². The first kappa shape index (κ1) is 13.7. The first-order chi connectivity index (χ1) is 8.65. The second-order valence-electron chi connectivity index (χ2n) is 4.63. The molecule has 1 heterocycles. The van der Waals surface area contributed by atoms with E-state index in [4.69, 9.17) is 16.3 Å². The fourth-order valence-electron chi connectivity index (χ4n) is 2.10. The third kappa shape index (κ3) is 3.92. The quantitative estimate of drug-likeness (QED) is 0.906. The number of likely N-dealkylation sites (N-methyl/N-ethyl adjacent to an activating group) is 1. The lowest BCUT2D eigenvalue weighted by molar-refractivity contribution is 0.00870. The first-order valence-electron chi connectivity index (χ1n) is 6.10. The van der Waals surface area contributed by atoms with Crippen LogP contribution in [0, 0.1) is 5.82 Å². The lowest BCUT2D eigenvalue weighted by Gasteiger charge is -2.28. The number of nitrogens with zero attached hydrogens (tertiary/aromatic N) is 1. The van der Waals surface area contributed by atoms with Crippen molar-refractivity contribution in [3.8, 4) is 0 Å². The number of ether oxygens (including phenoxy) is 1. The predicted octanol–water partition coefficient (Wildman–Crippen LogP) is 1.90. The van der Waals surface area contributed by atoms with Crippen LogP contribution in [0.25, 0.3) is 0 Å². The second-order valence-corrected chi connectivity index (χ2v) is 5.07. The highest BCUT2D eigenvalue weighted by atomic mass is 35.5. The summed E-state index contributed by atoms with van der Waals surface area (Å²) >= 11 is 5.87. The molecule has 3 nitrogen and oxygen atoms in total. The predicted molar refractivity (Wildman–Crippen MR) is 70.4 cm³/mol. The largest absolute Gasteiger partial charge is 0.374 e. The van der Waals surface area contributed by atoms with Gasteiger partial charge >= 0.3 is 0 Å². The highest BCUT2D eigenvalue weighted by Crippen LogP contribution is 2.16. The maximum absolute atomic E-state index is 13.6. The third-order valence-electron chi connectivity index (χ3n) is 2.97. The first-order valence-corrected chi connectivity index (χ1v) is 6.48. The number of halogens is 2. The second kappa shape index (κ2) is 6.48. The zero-order valence-electron chi connectivity index (χ0n) is 10.5. The molecule has 1 aliphatic heterocycles. The normalized spacial score (nSPS) is 20.3. The zero-order chi connectivity index (χ0) is 13.0. The van der Waals surface area contributed by atoms with Gasteiger partial charge in [-0.15, -0.1) is 0 Å². The molecule has 0 radical (unpaired) electrons. The Kier molecular flexibility index (Phi) is 4.95. The van der Waals surface area contributed by atoms with Gasteiger partial charge in [0.15, 0.2) is 0 Å². The molecule has 1 fully saturated rings. The van der Waals surface area contributed by atoms with Gasteiger partial charge in [-0.2, -0.15) is 0 Å². The van der Waals surface area contributed by atoms with E-state index in [1.807, 2.05) is 11.9 Å². The summed E-state index contributed by atoms with van der Waals surface area (Å²) in [6, 6.07) is 4.64. The maximum Gasteiger partial charge on any atom is 0.127 e. The molecule has 18 heavy (non-hydrogen) atoms. The molecule has 5 heteroatoms. The number of hydrogen-bond acceptors (Lipinski definition) is 3. The van der Waals surface area contributed by atoms with Crippen molar-refractivity contribution in [3.05, 3.63) is 34.6 Å². The SMILES string of the molecule is CN(Cc1cc(Cl)ccc1F)CC1CNCCO1. The number of nitrogens with one attached hydrogen (secondary N) is 1. The number of rotatable bonds is 4. The van der Waals surface area contributed by atoms with Gasteiger partial charge < -0.3 is 10.1 Å². The molecule has 1 saturated heterocycles. The summed E-state index contributed by atoms with van der Waals surface area (Å²) in [5.74, 6) is -0.214. The van der Waals surface area contributed by atoms with E-state index in [1.165, 1.54) is 6.07 Å². The summed E-state index contributed by atoms with van der Waals surface area (Å²) in [7, 11) is 1.96. The summed E-state index contributed by atoms with van der Waals surface area (Å²) in [5.41, 5.74) is 0.619. The smallest absolute Gasteiger partial charge is 0.127 e. The average Bonchev–Trinajstić information content (AvgIpc) is 2.35.